The van der Waals surface area contributed by atoms with Crippen molar-refractivity contribution in [1.82, 2.24) is 5.32 Å². The molecule has 3 rings (SSSR count). The monoisotopic (exact) mass is 367 g/mol. The Morgan fingerprint density at radius 1 is 1.27 bits per heavy atom. The van der Waals surface area contributed by atoms with Gasteiger partial charge in [0.05, 0.1) is 28.9 Å². The summed E-state index contributed by atoms with van der Waals surface area (Å²) in [4.78, 5) is 26.5. The number of carbonyl (C=O) groups is 2. The van der Waals surface area contributed by atoms with Crippen LogP contribution in [-0.4, -0.2) is 18.4 Å². The van der Waals surface area contributed by atoms with Crippen molar-refractivity contribution in [1.29, 1.82) is 5.26 Å². The smallest absolute Gasteiger partial charge is 0.253 e. The molecule has 2 aromatic carbocycles. The predicted molar refractivity (Wildman–Crippen MR) is 100 cm³/mol. The highest BCUT2D eigenvalue weighted by Gasteiger charge is 2.26. The lowest BCUT2D eigenvalue weighted by molar-refractivity contribution is -0.117. The molecule has 5 nitrogen and oxygen atoms in total. The van der Waals surface area contributed by atoms with Crippen molar-refractivity contribution < 1.29 is 9.59 Å². The van der Waals surface area contributed by atoms with E-state index in [-0.39, 0.29) is 17.9 Å². The van der Waals surface area contributed by atoms with Gasteiger partial charge in [-0.3, -0.25) is 9.59 Å². The summed E-state index contributed by atoms with van der Waals surface area (Å²) in [6, 6.07) is 13.8. The summed E-state index contributed by atoms with van der Waals surface area (Å²) in [7, 11) is 0. The van der Waals surface area contributed by atoms with Crippen molar-refractivity contribution in [2.45, 2.75) is 25.8 Å². The standard InChI is InChI=1S/C20H18ClN3O2/c1-13(15-6-4-14(12-22)5-7-15)23-20(26)17-9-8-16(21)11-18(17)24-10-2-3-19(24)25/h4-9,11,13H,2-3,10H2,1H3,(H,23,26). The highest BCUT2D eigenvalue weighted by molar-refractivity contribution is 6.31. The third-order valence-corrected chi connectivity index (χ3v) is 4.69. The lowest BCUT2D eigenvalue weighted by atomic mass is 10.1. The van der Waals surface area contributed by atoms with Gasteiger partial charge in [0.15, 0.2) is 0 Å². The molecule has 0 spiro atoms. The Hall–Kier alpha value is -2.84. The molecule has 0 aliphatic carbocycles. The average molecular weight is 368 g/mol. The Morgan fingerprint density at radius 3 is 2.62 bits per heavy atom. The highest BCUT2D eigenvalue weighted by Crippen LogP contribution is 2.29. The van der Waals surface area contributed by atoms with Gasteiger partial charge in [-0.25, -0.2) is 0 Å². The minimum absolute atomic E-state index is 0.00135. The second kappa shape index (κ2) is 7.59. The lowest BCUT2D eigenvalue weighted by Crippen LogP contribution is -2.31. The summed E-state index contributed by atoms with van der Waals surface area (Å²) in [5, 5.41) is 12.3. The van der Waals surface area contributed by atoms with Gasteiger partial charge in [0.1, 0.15) is 0 Å². The summed E-state index contributed by atoms with van der Waals surface area (Å²) in [5.74, 6) is -0.269. The van der Waals surface area contributed by atoms with Gasteiger partial charge in [0.2, 0.25) is 5.91 Å². The van der Waals surface area contributed by atoms with E-state index in [9.17, 15) is 9.59 Å². The SMILES string of the molecule is CC(NC(=O)c1ccc(Cl)cc1N1CCCC1=O)c1ccc(C#N)cc1. The molecular formula is C20H18ClN3O2. The molecule has 1 atom stereocenters. The van der Waals surface area contributed by atoms with Gasteiger partial charge in [-0.1, -0.05) is 23.7 Å². The van der Waals surface area contributed by atoms with E-state index in [1.54, 1.807) is 35.2 Å². The third-order valence-electron chi connectivity index (χ3n) is 4.46. The topological polar surface area (TPSA) is 73.2 Å². The number of halogens is 1. The maximum atomic E-state index is 12.8. The van der Waals surface area contributed by atoms with Crippen LogP contribution in [0.5, 0.6) is 0 Å². The number of hydrogen-bond donors (Lipinski definition) is 1. The van der Waals surface area contributed by atoms with Crippen LogP contribution in [0, 0.1) is 11.3 Å². The molecule has 2 aromatic rings. The minimum atomic E-state index is -0.270. The zero-order valence-electron chi connectivity index (χ0n) is 14.3. The van der Waals surface area contributed by atoms with Gasteiger partial charge in [-0.15, -0.1) is 0 Å². The second-order valence-electron chi connectivity index (χ2n) is 6.24. The van der Waals surface area contributed by atoms with Crippen LogP contribution >= 0.6 is 11.6 Å². The zero-order valence-corrected chi connectivity index (χ0v) is 15.1. The van der Waals surface area contributed by atoms with Crippen LogP contribution < -0.4 is 10.2 Å². The van der Waals surface area contributed by atoms with Crippen LogP contribution in [0.3, 0.4) is 0 Å². The first-order chi connectivity index (χ1) is 12.5. The molecule has 6 heteroatoms. The molecule has 0 saturated carbocycles. The lowest BCUT2D eigenvalue weighted by Gasteiger charge is -2.21. The van der Waals surface area contributed by atoms with Crippen molar-refractivity contribution in [3.8, 4) is 6.07 Å². The summed E-state index contributed by atoms with van der Waals surface area (Å²) in [6.07, 6.45) is 1.25. The van der Waals surface area contributed by atoms with E-state index in [0.717, 1.165) is 12.0 Å². The van der Waals surface area contributed by atoms with E-state index in [0.29, 0.717) is 34.8 Å². The van der Waals surface area contributed by atoms with Crippen LogP contribution in [0.4, 0.5) is 5.69 Å². The van der Waals surface area contributed by atoms with E-state index >= 15 is 0 Å². The van der Waals surface area contributed by atoms with Gasteiger partial charge in [-0.2, -0.15) is 5.26 Å². The number of rotatable bonds is 4. The van der Waals surface area contributed by atoms with Gasteiger partial charge in [0.25, 0.3) is 5.91 Å². The quantitative estimate of drug-likeness (QED) is 0.892. The Morgan fingerprint density at radius 2 is 2.00 bits per heavy atom. The van der Waals surface area contributed by atoms with Crippen LogP contribution in [0.2, 0.25) is 5.02 Å². The Labute approximate surface area is 157 Å². The zero-order chi connectivity index (χ0) is 18.7. The number of nitrogens with one attached hydrogen (secondary N) is 1. The summed E-state index contributed by atoms with van der Waals surface area (Å²) < 4.78 is 0. The molecule has 132 valence electrons. The first-order valence-corrected chi connectivity index (χ1v) is 8.78. The molecule has 1 fully saturated rings. The molecule has 2 amide bonds. The van der Waals surface area contributed by atoms with Gasteiger partial charge in [0, 0.05) is 18.0 Å². The maximum Gasteiger partial charge on any atom is 0.253 e. The van der Waals surface area contributed by atoms with Crippen molar-refractivity contribution in [2.24, 2.45) is 0 Å². The summed E-state index contributed by atoms with van der Waals surface area (Å²) in [6.45, 7) is 2.46. The third kappa shape index (κ3) is 3.71. The Balaban J connectivity index is 1.83. The first kappa shape index (κ1) is 18.0. The van der Waals surface area contributed by atoms with E-state index in [1.807, 2.05) is 19.1 Å². The van der Waals surface area contributed by atoms with E-state index < -0.39 is 0 Å². The molecular weight excluding hydrogens is 350 g/mol. The molecule has 1 aliphatic rings. The molecule has 1 aliphatic heterocycles. The number of amides is 2. The second-order valence-corrected chi connectivity index (χ2v) is 6.68. The minimum Gasteiger partial charge on any atom is -0.345 e. The van der Waals surface area contributed by atoms with E-state index in [2.05, 4.69) is 11.4 Å². The van der Waals surface area contributed by atoms with Crippen LogP contribution in [0.15, 0.2) is 42.5 Å². The molecule has 0 radical (unpaired) electrons. The number of nitriles is 1. The summed E-state index contributed by atoms with van der Waals surface area (Å²) in [5.41, 5.74) is 2.43. The molecule has 0 bridgehead atoms. The molecule has 0 aromatic heterocycles. The predicted octanol–water partition coefficient (Wildman–Crippen LogP) is 3.83. The molecule has 1 unspecified atom stereocenters. The van der Waals surface area contributed by atoms with Gasteiger partial charge < -0.3 is 10.2 Å². The van der Waals surface area contributed by atoms with Crippen LogP contribution in [0.1, 0.15) is 47.3 Å². The number of carbonyl (C=O) groups excluding carboxylic acids is 2. The molecule has 1 saturated heterocycles. The van der Waals surface area contributed by atoms with Gasteiger partial charge >= 0.3 is 0 Å². The summed E-state index contributed by atoms with van der Waals surface area (Å²) >= 11 is 6.08. The number of nitrogens with zero attached hydrogens (tertiary/aromatic N) is 2. The fourth-order valence-corrected chi connectivity index (χ4v) is 3.19. The number of anilines is 1. The number of hydrogen-bond acceptors (Lipinski definition) is 3. The average Bonchev–Trinajstić information content (AvgIpc) is 3.07. The molecule has 1 N–H and O–H groups in total. The molecule has 26 heavy (non-hydrogen) atoms. The normalized spacial score (nSPS) is 14.8. The molecule has 1 heterocycles. The maximum absolute atomic E-state index is 12.8. The van der Waals surface area contributed by atoms with Crippen molar-refractivity contribution >= 4 is 29.1 Å². The van der Waals surface area contributed by atoms with Crippen molar-refractivity contribution in [3.63, 3.8) is 0 Å². The van der Waals surface area contributed by atoms with Crippen molar-refractivity contribution in [2.75, 3.05) is 11.4 Å². The Kier molecular flexibility index (Phi) is 5.24. The Bertz CT molecular complexity index is 887. The van der Waals surface area contributed by atoms with Crippen LogP contribution in [-0.2, 0) is 4.79 Å². The van der Waals surface area contributed by atoms with E-state index in [1.165, 1.54) is 0 Å². The van der Waals surface area contributed by atoms with Gasteiger partial charge in [-0.05, 0) is 49.2 Å². The number of benzene rings is 2. The fourth-order valence-electron chi connectivity index (χ4n) is 3.03. The van der Waals surface area contributed by atoms with Crippen LogP contribution in [0.25, 0.3) is 0 Å². The first-order valence-electron chi connectivity index (χ1n) is 8.40. The highest BCUT2D eigenvalue weighted by atomic mass is 35.5. The fraction of sp³-hybridized carbons (Fsp3) is 0.250. The van der Waals surface area contributed by atoms with E-state index in [4.69, 9.17) is 16.9 Å². The van der Waals surface area contributed by atoms with Crippen molar-refractivity contribution in [3.05, 3.63) is 64.2 Å². The largest absolute Gasteiger partial charge is 0.345 e.